The minimum absolute atomic E-state index is 0.00915. The molecule has 6 N–H and O–H groups in total. The van der Waals surface area contributed by atoms with Crippen LogP contribution in [-0.4, -0.2) is 147 Å². The molecule has 1 amide bonds. The molecule has 2 saturated heterocycles. The van der Waals surface area contributed by atoms with E-state index in [0.717, 1.165) is 0 Å². The van der Waals surface area contributed by atoms with Crippen LogP contribution in [0.15, 0.2) is 0 Å². The Bertz CT molecular complexity index is 772. The van der Waals surface area contributed by atoms with Gasteiger partial charge in [-0.25, -0.2) is 0 Å². The van der Waals surface area contributed by atoms with Gasteiger partial charge in [-0.2, -0.15) is 0 Å². The van der Waals surface area contributed by atoms with Gasteiger partial charge in [0.05, 0.1) is 13.1 Å². The van der Waals surface area contributed by atoms with Crippen LogP contribution in [-0.2, 0) is 24.0 Å². The summed E-state index contributed by atoms with van der Waals surface area (Å²) in [5, 5.41) is 37.4. The Balaban J connectivity index is 2.03. The molecule has 2 aliphatic rings. The molecule has 2 aliphatic heterocycles. The molecule has 198 valence electrons. The van der Waals surface area contributed by atoms with E-state index in [-0.39, 0.29) is 83.9 Å². The quantitative estimate of drug-likeness (QED) is 0.214. The number of carbonyl (C=O) groups excluding carboxylic acids is 1. The Morgan fingerprint density at radius 2 is 1.20 bits per heavy atom. The molecule has 2 fully saturated rings. The summed E-state index contributed by atoms with van der Waals surface area (Å²) in [6, 6.07) is -1.02. The Kier molecular flexibility index (Phi) is 10.4. The number of nitrogens with two attached hydrogens (primary N) is 1. The fraction of sp³-hybridized carbons (Fsp3) is 0.762. The van der Waals surface area contributed by atoms with E-state index < -0.39 is 35.5 Å². The summed E-state index contributed by atoms with van der Waals surface area (Å²) in [6.45, 7) is 1.58. The fourth-order valence-electron chi connectivity index (χ4n) is 4.42. The summed E-state index contributed by atoms with van der Waals surface area (Å²) in [7, 11) is 0. The van der Waals surface area contributed by atoms with E-state index >= 15 is 0 Å². The summed E-state index contributed by atoms with van der Waals surface area (Å²) in [4.78, 5) is 64.9. The Morgan fingerprint density at radius 3 is 1.60 bits per heavy atom. The molecule has 14 heteroatoms. The second kappa shape index (κ2) is 12.8. The molecule has 0 aliphatic carbocycles. The van der Waals surface area contributed by atoms with E-state index in [1.807, 2.05) is 0 Å². The molecule has 0 aromatic rings. The maximum absolute atomic E-state index is 12.7. The molecule has 0 radical (unpaired) electrons. The van der Waals surface area contributed by atoms with Gasteiger partial charge < -0.3 is 31.1 Å². The average molecular weight is 502 g/mol. The lowest BCUT2D eigenvalue weighted by molar-refractivity contribution is -0.148. The second-order valence-electron chi connectivity index (χ2n) is 9.11. The van der Waals surface area contributed by atoms with Crippen molar-refractivity contribution in [2.24, 2.45) is 5.73 Å². The third kappa shape index (κ3) is 8.72. The van der Waals surface area contributed by atoms with Crippen molar-refractivity contribution < 1.29 is 44.4 Å². The zero-order valence-electron chi connectivity index (χ0n) is 19.7. The van der Waals surface area contributed by atoms with E-state index in [0.29, 0.717) is 13.1 Å². The van der Waals surface area contributed by atoms with Crippen LogP contribution in [0.4, 0.5) is 0 Å². The Hall–Kier alpha value is -2.81. The smallest absolute Gasteiger partial charge is 0.323 e. The second-order valence-corrected chi connectivity index (χ2v) is 9.11. The summed E-state index contributed by atoms with van der Waals surface area (Å²) in [6.07, 6.45) is 0.174. The molecular formula is C21H35N5O9. The zero-order valence-corrected chi connectivity index (χ0v) is 19.7. The number of carbonyl (C=O) groups is 5. The van der Waals surface area contributed by atoms with Crippen molar-refractivity contribution >= 4 is 29.8 Å². The predicted octanol–water partition coefficient (Wildman–Crippen LogP) is -2.29. The van der Waals surface area contributed by atoms with Crippen molar-refractivity contribution in [3.63, 3.8) is 0 Å². The standard InChI is InChI=1S/C21H35N5O9/c22-21(20(34)35)3-5-26(6-4-21)16(27)2-1-15(19(32)33)25-11-9-23(13-17(28)29)7-8-24(10-12-25)14-18(30)31/h15H,1-14,22H2,(H,28,29)(H,30,31)(H,32,33)(H,34,35)/t15-/m1/s1. The number of aliphatic carboxylic acids is 4. The largest absolute Gasteiger partial charge is 0.480 e. The van der Waals surface area contributed by atoms with Crippen molar-refractivity contribution in [2.75, 3.05) is 65.4 Å². The van der Waals surface area contributed by atoms with Crippen molar-refractivity contribution in [1.29, 1.82) is 0 Å². The lowest BCUT2D eigenvalue weighted by Gasteiger charge is -2.36. The molecule has 0 bridgehead atoms. The van der Waals surface area contributed by atoms with E-state index in [4.69, 9.17) is 15.9 Å². The van der Waals surface area contributed by atoms with Crippen molar-refractivity contribution in [2.45, 2.75) is 37.3 Å². The summed E-state index contributed by atoms with van der Waals surface area (Å²) >= 11 is 0. The van der Waals surface area contributed by atoms with E-state index in [1.54, 1.807) is 14.7 Å². The van der Waals surface area contributed by atoms with Gasteiger partial charge in [0, 0.05) is 58.8 Å². The van der Waals surface area contributed by atoms with Gasteiger partial charge in [0.15, 0.2) is 0 Å². The highest BCUT2D eigenvalue weighted by Crippen LogP contribution is 2.21. The van der Waals surface area contributed by atoms with Gasteiger partial charge in [-0.3, -0.25) is 38.7 Å². The van der Waals surface area contributed by atoms with E-state index in [1.165, 1.54) is 4.90 Å². The first-order chi connectivity index (χ1) is 16.4. The summed E-state index contributed by atoms with van der Waals surface area (Å²) in [5.74, 6) is -4.60. The van der Waals surface area contributed by atoms with Gasteiger partial charge in [-0.1, -0.05) is 0 Å². The molecule has 0 aromatic heterocycles. The lowest BCUT2D eigenvalue weighted by atomic mass is 9.88. The highest BCUT2D eigenvalue weighted by molar-refractivity contribution is 5.81. The normalized spacial score (nSPS) is 21.3. The number of amides is 1. The average Bonchev–Trinajstić information content (AvgIpc) is 2.85. The van der Waals surface area contributed by atoms with Gasteiger partial charge >= 0.3 is 23.9 Å². The predicted molar refractivity (Wildman–Crippen MR) is 121 cm³/mol. The third-order valence-corrected chi connectivity index (χ3v) is 6.65. The number of hydrogen-bond donors (Lipinski definition) is 5. The first-order valence-corrected chi connectivity index (χ1v) is 11.6. The topological polar surface area (TPSA) is 205 Å². The van der Waals surface area contributed by atoms with Gasteiger partial charge in [0.1, 0.15) is 11.6 Å². The molecule has 35 heavy (non-hydrogen) atoms. The number of hydrogen-bond acceptors (Lipinski definition) is 9. The molecule has 0 unspecified atom stereocenters. The van der Waals surface area contributed by atoms with Crippen molar-refractivity contribution in [3.05, 3.63) is 0 Å². The minimum Gasteiger partial charge on any atom is -0.480 e. The monoisotopic (exact) mass is 501 g/mol. The van der Waals surface area contributed by atoms with Crippen molar-refractivity contribution in [1.82, 2.24) is 19.6 Å². The van der Waals surface area contributed by atoms with Crippen LogP contribution in [0.3, 0.4) is 0 Å². The minimum atomic E-state index is -1.37. The number of carboxylic acid groups (broad SMARTS) is 4. The Labute approximate surface area is 202 Å². The van der Waals surface area contributed by atoms with Crippen molar-refractivity contribution in [3.8, 4) is 0 Å². The highest BCUT2D eigenvalue weighted by atomic mass is 16.4. The van der Waals surface area contributed by atoms with Gasteiger partial charge in [-0.05, 0) is 19.3 Å². The fourth-order valence-corrected chi connectivity index (χ4v) is 4.42. The molecule has 14 nitrogen and oxygen atoms in total. The van der Waals surface area contributed by atoms with Crippen LogP contribution in [0.5, 0.6) is 0 Å². The van der Waals surface area contributed by atoms with E-state index in [9.17, 15) is 34.2 Å². The molecule has 0 aromatic carbocycles. The summed E-state index contributed by atoms with van der Waals surface area (Å²) < 4.78 is 0. The van der Waals surface area contributed by atoms with E-state index in [2.05, 4.69) is 0 Å². The van der Waals surface area contributed by atoms with Crippen LogP contribution in [0, 0.1) is 0 Å². The first-order valence-electron chi connectivity index (χ1n) is 11.6. The van der Waals surface area contributed by atoms with Crippen LogP contribution in [0.25, 0.3) is 0 Å². The molecule has 1 atom stereocenters. The zero-order chi connectivity index (χ0) is 26.2. The molecule has 2 heterocycles. The van der Waals surface area contributed by atoms with Crippen LogP contribution >= 0.6 is 0 Å². The molecule has 0 spiro atoms. The maximum atomic E-state index is 12.7. The molecular weight excluding hydrogens is 466 g/mol. The van der Waals surface area contributed by atoms with Crippen LogP contribution < -0.4 is 5.73 Å². The van der Waals surface area contributed by atoms with Gasteiger partial charge in [0.2, 0.25) is 5.91 Å². The molecule has 0 saturated carbocycles. The Morgan fingerprint density at radius 1 is 0.743 bits per heavy atom. The number of rotatable bonds is 10. The third-order valence-electron chi connectivity index (χ3n) is 6.65. The lowest BCUT2D eigenvalue weighted by Crippen LogP contribution is -2.56. The summed E-state index contributed by atoms with van der Waals surface area (Å²) in [5.41, 5.74) is 4.48. The number of carboxylic acids is 4. The van der Waals surface area contributed by atoms with Crippen LogP contribution in [0.2, 0.25) is 0 Å². The van der Waals surface area contributed by atoms with Gasteiger partial charge in [0.25, 0.3) is 0 Å². The highest BCUT2D eigenvalue weighted by Gasteiger charge is 2.39. The van der Waals surface area contributed by atoms with Crippen LogP contribution in [0.1, 0.15) is 25.7 Å². The maximum Gasteiger partial charge on any atom is 0.323 e. The first kappa shape index (κ1) is 28.4. The number of likely N-dealkylation sites (tertiary alicyclic amines) is 1. The van der Waals surface area contributed by atoms with Gasteiger partial charge in [-0.15, -0.1) is 0 Å². The number of piperidine rings is 1. The SMILES string of the molecule is NC1(C(=O)O)CCN(C(=O)CC[C@H](C(=O)O)N2CCN(CC(=O)O)CCN(CC(=O)O)CC2)CC1. The molecule has 2 rings (SSSR count). The number of nitrogens with zero attached hydrogens (tertiary/aromatic N) is 4.